The van der Waals surface area contributed by atoms with Crippen LogP contribution >= 0.6 is 0 Å². The summed E-state index contributed by atoms with van der Waals surface area (Å²) in [5, 5.41) is 0. The molecule has 0 fully saturated rings. The van der Waals surface area contributed by atoms with Crippen LogP contribution in [0.4, 0.5) is 0 Å². The highest BCUT2D eigenvalue weighted by Gasteiger charge is 2.25. The molecule has 6 aromatic carbocycles. The molecule has 9 rings (SSSR count). The van der Waals surface area contributed by atoms with Crippen molar-refractivity contribution in [1.82, 2.24) is 9.97 Å². The van der Waals surface area contributed by atoms with Gasteiger partial charge in [-0.2, -0.15) is 0 Å². The van der Waals surface area contributed by atoms with Gasteiger partial charge in [-0.15, -0.1) is 0 Å². The Morgan fingerprint density at radius 3 is 1.66 bits per heavy atom. The molecule has 0 saturated carbocycles. The molecule has 0 bridgehead atoms. The Hall–Kier alpha value is -6.12. The molecule has 1 unspecified atom stereocenters. The maximum Gasteiger partial charge on any atom is 0.156 e. The van der Waals surface area contributed by atoms with E-state index < -0.39 is 0 Å². The van der Waals surface area contributed by atoms with Crippen LogP contribution in [0.5, 0.6) is 0 Å². The van der Waals surface area contributed by atoms with Gasteiger partial charge >= 0.3 is 0 Å². The van der Waals surface area contributed by atoms with E-state index in [1.165, 1.54) is 55.6 Å². The smallest absolute Gasteiger partial charge is 0.156 e. The highest BCUT2D eigenvalue weighted by molar-refractivity contribution is 5.85. The molecule has 238 valence electrons. The van der Waals surface area contributed by atoms with Crippen molar-refractivity contribution in [3.05, 3.63) is 187 Å². The first-order valence-corrected chi connectivity index (χ1v) is 17.5. The second kappa shape index (κ2) is 12.7. The average molecular weight is 641 g/mol. The molecule has 2 heteroatoms. The fourth-order valence-corrected chi connectivity index (χ4v) is 7.53. The second-order valence-electron chi connectivity index (χ2n) is 13.3. The van der Waals surface area contributed by atoms with E-state index in [9.17, 15) is 0 Å². The third kappa shape index (κ3) is 5.59. The van der Waals surface area contributed by atoms with Gasteiger partial charge in [-0.3, -0.25) is 0 Å². The van der Waals surface area contributed by atoms with E-state index in [2.05, 4.69) is 171 Å². The number of hydrogen-bond acceptors (Lipinski definition) is 2. The number of fused-ring (bicyclic) bond motifs is 3. The van der Waals surface area contributed by atoms with Crippen molar-refractivity contribution in [3.8, 4) is 67.0 Å². The molecule has 1 atom stereocenters. The van der Waals surface area contributed by atoms with Gasteiger partial charge in [-0.1, -0.05) is 146 Å². The zero-order valence-corrected chi connectivity index (χ0v) is 28.1. The van der Waals surface area contributed by atoms with E-state index in [0.717, 1.165) is 46.7 Å². The van der Waals surface area contributed by atoms with Crippen LogP contribution in [-0.4, -0.2) is 9.97 Å². The van der Waals surface area contributed by atoms with Crippen LogP contribution in [0.25, 0.3) is 72.6 Å². The molecule has 0 amide bonds. The standard InChI is InChI=1S/C48H36N2/c1-32-42-23-8-9-24-44(42)45-30-40(25-26-43(32)45)38-20-11-18-36(28-38)35-17-10-19-37(27-35)39-21-12-22-41(29-39)47-31-46(33-13-4-2-5-14-33)49-48(50-47)34-15-6-3-7-16-34/h2-6,8-15,17-32H,7,16H2,1H3. The third-order valence-corrected chi connectivity index (χ3v) is 10.2. The van der Waals surface area contributed by atoms with Gasteiger partial charge in [-0.05, 0) is 104 Å². The Bertz CT molecular complexity index is 2450. The van der Waals surface area contributed by atoms with Crippen LogP contribution in [0.1, 0.15) is 42.6 Å². The summed E-state index contributed by atoms with van der Waals surface area (Å²) in [5.41, 5.74) is 18.0. The molecular formula is C48H36N2. The zero-order chi connectivity index (χ0) is 33.4. The molecular weight excluding hydrogens is 605 g/mol. The molecule has 2 aliphatic rings. The Kier molecular flexibility index (Phi) is 7.63. The van der Waals surface area contributed by atoms with Crippen molar-refractivity contribution in [3.63, 3.8) is 0 Å². The predicted octanol–water partition coefficient (Wildman–Crippen LogP) is 12.7. The van der Waals surface area contributed by atoms with Gasteiger partial charge in [-0.25, -0.2) is 9.97 Å². The van der Waals surface area contributed by atoms with Crippen molar-refractivity contribution in [2.24, 2.45) is 0 Å². The van der Waals surface area contributed by atoms with Crippen LogP contribution in [0.15, 0.2) is 170 Å². The molecule has 2 nitrogen and oxygen atoms in total. The summed E-state index contributed by atoms with van der Waals surface area (Å²) in [6, 6.07) is 54.9. The van der Waals surface area contributed by atoms with Crippen molar-refractivity contribution in [2.75, 3.05) is 0 Å². The number of aromatic nitrogens is 2. The lowest BCUT2D eigenvalue weighted by atomic mass is 9.93. The van der Waals surface area contributed by atoms with E-state index in [1.54, 1.807) is 0 Å². The summed E-state index contributed by atoms with van der Waals surface area (Å²) < 4.78 is 0. The molecule has 0 saturated heterocycles. The SMILES string of the molecule is CC1c2ccccc2-c2cc(-c3cccc(-c4cccc(-c5cccc(-c6cc(-c7ccccc7)nc(C7=CC=CCC7)n6)c5)c4)c3)ccc21. The molecule has 1 heterocycles. The van der Waals surface area contributed by atoms with E-state index >= 15 is 0 Å². The van der Waals surface area contributed by atoms with E-state index in [1.807, 2.05) is 6.07 Å². The average Bonchev–Trinajstić information content (AvgIpc) is 3.49. The number of nitrogens with zero attached hydrogens (tertiary/aromatic N) is 2. The highest BCUT2D eigenvalue weighted by Crippen LogP contribution is 2.46. The van der Waals surface area contributed by atoms with Gasteiger partial charge in [0.1, 0.15) is 0 Å². The van der Waals surface area contributed by atoms with Gasteiger partial charge in [0.05, 0.1) is 11.4 Å². The van der Waals surface area contributed by atoms with Gasteiger partial charge in [0.25, 0.3) is 0 Å². The summed E-state index contributed by atoms with van der Waals surface area (Å²) in [7, 11) is 0. The minimum Gasteiger partial charge on any atom is -0.228 e. The predicted molar refractivity (Wildman–Crippen MR) is 209 cm³/mol. The molecule has 0 radical (unpaired) electrons. The van der Waals surface area contributed by atoms with Crippen LogP contribution in [0.2, 0.25) is 0 Å². The molecule has 2 aliphatic carbocycles. The van der Waals surface area contributed by atoms with Crippen molar-refractivity contribution in [2.45, 2.75) is 25.7 Å². The first kappa shape index (κ1) is 30.0. The molecule has 0 N–H and O–H groups in total. The van der Waals surface area contributed by atoms with E-state index in [4.69, 9.17) is 9.97 Å². The summed E-state index contributed by atoms with van der Waals surface area (Å²) >= 11 is 0. The van der Waals surface area contributed by atoms with Gasteiger partial charge in [0, 0.05) is 17.0 Å². The largest absolute Gasteiger partial charge is 0.228 e. The van der Waals surface area contributed by atoms with Gasteiger partial charge in [0.15, 0.2) is 5.82 Å². The Morgan fingerprint density at radius 1 is 0.460 bits per heavy atom. The lowest BCUT2D eigenvalue weighted by molar-refractivity contribution is 0.957. The number of benzene rings is 6. The molecule has 50 heavy (non-hydrogen) atoms. The number of allylic oxidation sites excluding steroid dienone is 4. The normalized spacial score (nSPS) is 14.6. The monoisotopic (exact) mass is 640 g/mol. The van der Waals surface area contributed by atoms with Crippen molar-refractivity contribution >= 4 is 5.57 Å². The summed E-state index contributed by atoms with van der Waals surface area (Å²) in [6.45, 7) is 2.31. The maximum absolute atomic E-state index is 5.12. The zero-order valence-electron chi connectivity index (χ0n) is 28.1. The molecule has 0 aliphatic heterocycles. The Labute approximate surface area is 294 Å². The summed E-state index contributed by atoms with van der Waals surface area (Å²) in [5.74, 6) is 1.23. The summed E-state index contributed by atoms with van der Waals surface area (Å²) in [6.07, 6.45) is 8.42. The Morgan fingerprint density at radius 2 is 1.00 bits per heavy atom. The maximum atomic E-state index is 5.12. The highest BCUT2D eigenvalue weighted by atomic mass is 14.9. The molecule has 0 spiro atoms. The van der Waals surface area contributed by atoms with Gasteiger partial charge < -0.3 is 0 Å². The molecule has 1 aromatic heterocycles. The second-order valence-corrected chi connectivity index (χ2v) is 13.3. The number of hydrogen-bond donors (Lipinski definition) is 0. The lowest BCUT2D eigenvalue weighted by Crippen LogP contribution is -2.00. The van der Waals surface area contributed by atoms with Crippen LogP contribution in [0.3, 0.4) is 0 Å². The minimum atomic E-state index is 0.428. The first-order valence-electron chi connectivity index (χ1n) is 17.5. The first-order chi connectivity index (χ1) is 24.7. The van der Waals surface area contributed by atoms with Crippen molar-refractivity contribution < 1.29 is 0 Å². The quantitative estimate of drug-likeness (QED) is 0.181. The Balaban J connectivity index is 1.06. The number of rotatable bonds is 6. The van der Waals surface area contributed by atoms with E-state index in [0.29, 0.717) is 5.92 Å². The van der Waals surface area contributed by atoms with Crippen LogP contribution in [-0.2, 0) is 0 Å². The van der Waals surface area contributed by atoms with Crippen molar-refractivity contribution in [1.29, 1.82) is 0 Å². The topological polar surface area (TPSA) is 25.8 Å². The van der Waals surface area contributed by atoms with Gasteiger partial charge in [0.2, 0.25) is 0 Å². The van der Waals surface area contributed by atoms with Crippen LogP contribution in [0, 0.1) is 0 Å². The fraction of sp³-hybridized carbons (Fsp3) is 0.0833. The van der Waals surface area contributed by atoms with E-state index in [-0.39, 0.29) is 0 Å². The lowest BCUT2D eigenvalue weighted by Gasteiger charge is -2.13. The van der Waals surface area contributed by atoms with Crippen LogP contribution < -0.4 is 0 Å². The third-order valence-electron chi connectivity index (χ3n) is 10.2. The fourth-order valence-electron chi connectivity index (χ4n) is 7.53. The summed E-state index contributed by atoms with van der Waals surface area (Å²) in [4.78, 5) is 10.1. The minimum absolute atomic E-state index is 0.428. The molecule has 7 aromatic rings.